The molecular formula is C12H14ClN5OS. The maximum absolute atomic E-state index is 6.16. The highest BCUT2D eigenvalue weighted by atomic mass is 35.5. The minimum atomic E-state index is 0.543. The maximum Gasteiger partial charge on any atom is 0.230 e. The smallest absolute Gasteiger partial charge is 0.230 e. The van der Waals surface area contributed by atoms with E-state index in [1.165, 1.54) is 11.3 Å². The number of hydrogen-bond acceptors (Lipinski definition) is 7. The molecule has 8 heteroatoms. The normalized spacial score (nSPS) is 15.4. The average Bonchev–Trinajstić information content (AvgIpc) is 2.94. The molecule has 1 aliphatic rings. The Labute approximate surface area is 125 Å². The Balaban J connectivity index is 2.00. The molecule has 0 aromatic carbocycles. The molecule has 2 aromatic heterocycles. The number of nitrogens with one attached hydrogen (secondary N) is 1. The van der Waals surface area contributed by atoms with Crippen LogP contribution in [-0.4, -0.2) is 48.3 Å². The summed E-state index contributed by atoms with van der Waals surface area (Å²) in [5.41, 5.74) is 0. The van der Waals surface area contributed by atoms with E-state index in [4.69, 9.17) is 16.3 Å². The van der Waals surface area contributed by atoms with Gasteiger partial charge in [-0.2, -0.15) is 15.0 Å². The average molecular weight is 312 g/mol. The van der Waals surface area contributed by atoms with E-state index in [2.05, 4.69) is 25.2 Å². The summed E-state index contributed by atoms with van der Waals surface area (Å²) < 4.78 is 5.35. The molecule has 3 rings (SSSR count). The van der Waals surface area contributed by atoms with Crippen molar-refractivity contribution in [3.05, 3.63) is 16.5 Å². The van der Waals surface area contributed by atoms with Gasteiger partial charge in [-0.1, -0.05) is 11.6 Å². The van der Waals surface area contributed by atoms with Crippen LogP contribution in [0, 0.1) is 0 Å². The van der Waals surface area contributed by atoms with Gasteiger partial charge >= 0.3 is 0 Å². The predicted octanol–water partition coefficient (Wildman–Crippen LogP) is 2.13. The van der Waals surface area contributed by atoms with Gasteiger partial charge in [-0.05, 0) is 11.4 Å². The molecule has 3 heterocycles. The van der Waals surface area contributed by atoms with Gasteiger partial charge in [0.2, 0.25) is 11.9 Å². The van der Waals surface area contributed by atoms with Crippen molar-refractivity contribution >= 4 is 34.8 Å². The van der Waals surface area contributed by atoms with Gasteiger partial charge in [0.1, 0.15) is 0 Å². The van der Waals surface area contributed by atoms with Gasteiger partial charge < -0.3 is 15.0 Å². The van der Waals surface area contributed by atoms with Gasteiger partial charge in [-0.25, -0.2) is 0 Å². The lowest BCUT2D eigenvalue weighted by Gasteiger charge is -2.27. The molecule has 0 unspecified atom stereocenters. The topological polar surface area (TPSA) is 63.2 Å². The fraction of sp³-hybridized carbons (Fsp3) is 0.417. The third kappa shape index (κ3) is 2.70. The van der Waals surface area contributed by atoms with Crippen molar-refractivity contribution in [2.45, 2.75) is 0 Å². The van der Waals surface area contributed by atoms with Crippen LogP contribution in [0.1, 0.15) is 0 Å². The summed E-state index contributed by atoms with van der Waals surface area (Å²) >= 11 is 7.69. The molecule has 0 aliphatic carbocycles. The van der Waals surface area contributed by atoms with Gasteiger partial charge in [0.05, 0.1) is 23.1 Å². The Morgan fingerprint density at radius 3 is 2.75 bits per heavy atom. The van der Waals surface area contributed by atoms with Crippen LogP contribution in [0.3, 0.4) is 0 Å². The number of halogens is 1. The van der Waals surface area contributed by atoms with Crippen LogP contribution in [-0.2, 0) is 4.74 Å². The summed E-state index contributed by atoms with van der Waals surface area (Å²) in [6, 6.07) is 1.85. The largest absolute Gasteiger partial charge is 0.378 e. The molecule has 1 fully saturated rings. The Morgan fingerprint density at radius 1 is 1.30 bits per heavy atom. The molecule has 0 radical (unpaired) electrons. The first-order chi connectivity index (χ1) is 9.78. The van der Waals surface area contributed by atoms with Gasteiger partial charge in [0.25, 0.3) is 0 Å². The minimum Gasteiger partial charge on any atom is -0.378 e. The highest BCUT2D eigenvalue weighted by Gasteiger charge is 2.18. The Kier molecular flexibility index (Phi) is 4.00. The lowest BCUT2D eigenvalue weighted by atomic mass is 10.4. The summed E-state index contributed by atoms with van der Waals surface area (Å²) in [7, 11) is 1.79. The van der Waals surface area contributed by atoms with E-state index in [-0.39, 0.29) is 0 Å². The first-order valence-electron chi connectivity index (χ1n) is 6.28. The predicted molar refractivity (Wildman–Crippen MR) is 80.7 cm³/mol. The molecule has 20 heavy (non-hydrogen) atoms. The molecule has 0 atom stereocenters. The monoisotopic (exact) mass is 311 g/mol. The SMILES string of the molecule is CNc1nc(-c2sccc2Cl)nc(N2CCOCC2)n1. The lowest BCUT2D eigenvalue weighted by molar-refractivity contribution is 0.122. The van der Waals surface area contributed by atoms with Crippen molar-refractivity contribution < 1.29 is 4.74 Å². The van der Waals surface area contributed by atoms with Crippen molar-refractivity contribution in [3.63, 3.8) is 0 Å². The molecule has 1 saturated heterocycles. The summed E-state index contributed by atoms with van der Waals surface area (Å²) in [6.07, 6.45) is 0. The van der Waals surface area contributed by atoms with Gasteiger partial charge in [0.15, 0.2) is 5.82 Å². The number of hydrogen-bond donors (Lipinski definition) is 1. The van der Waals surface area contributed by atoms with E-state index in [1.54, 1.807) is 7.05 Å². The molecule has 0 bridgehead atoms. The Morgan fingerprint density at radius 2 is 2.10 bits per heavy atom. The third-order valence-electron chi connectivity index (χ3n) is 2.96. The van der Waals surface area contributed by atoms with Crippen molar-refractivity contribution in [2.24, 2.45) is 0 Å². The maximum atomic E-state index is 6.16. The Bertz CT molecular complexity index is 599. The van der Waals surface area contributed by atoms with Crippen LogP contribution in [0.5, 0.6) is 0 Å². The van der Waals surface area contributed by atoms with Crippen LogP contribution in [0.15, 0.2) is 11.4 Å². The van der Waals surface area contributed by atoms with Gasteiger partial charge in [-0.15, -0.1) is 11.3 Å². The zero-order valence-electron chi connectivity index (χ0n) is 11.0. The fourth-order valence-corrected chi connectivity index (χ4v) is 3.01. The third-order valence-corrected chi connectivity index (χ3v) is 4.30. The van der Waals surface area contributed by atoms with Crippen molar-refractivity contribution in [3.8, 4) is 10.7 Å². The van der Waals surface area contributed by atoms with E-state index in [9.17, 15) is 0 Å². The lowest BCUT2D eigenvalue weighted by Crippen LogP contribution is -2.37. The molecule has 0 amide bonds. The standard InChI is InChI=1S/C12H14ClN5OS/c1-14-11-15-10(9-8(13)2-7-20-9)16-12(17-11)18-3-5-19-6-4-18/h2,7H,3-6H2,1H3,(H,14,15,16,17). The molecule has 1 N–H and O–H groups in total. The first kappa shape index (κ1) is 13.5. The van der Waals surface area contributed by atoms with Gasteiger partial charge in [0, 0.05) is 20.1 Å². The zero-order chi connectivity index (χ0) is 13.9. The number of nitrogens with zero attached hydrogens (tertiary/aromatic N) is 4. The van der Waals surface area contributed by atoms with E-state index in [1.807, 2.05) is 11.4 Å². The van der Waals surface area contributed by atoms with Crippen LogP contribution in [0.4, 0.5) is 11.9 Å². The summed E-state index contributed by atoms with van der Waals surface area (Å²) in [5, 5.41) is 5.56. The molecular weight excluding hydrogens is 298 g/mol. The number of aromatic nitrogens is 3. The quantitative estimate of drug-likeness (QED) is 0.937. The number of rotatable bonds is 3. The van der Waals surface area contributed by atoms with Crippen molar-refractivity contribution in [2.75, 3.05) is 43.6 Å². The van der Waals surface area contributed by atoms with E-state index in [0.29, 0.717) is 36.0 Å². The number of ether oxygens (including phenoxy) is 1. The second-order valence-electron chi connectivity index (χ2n) is 4.23. The van der Waals surface area contributed by atoms with Gasteiger partial charge in [-0.3, -0.25) is 0 Å². The van der Waals surface area contributed by atoms with Crippen LogP contribution >= 0.6 is 22.9 Å². The summed E-state index contributed by atoms with van der Waals surface area (Å²) in [6.45, 7) is 2.95. The summed E-state index contributed by atoms with van der Waals surface area (Å²) in [4.78, 5) is 16.3. The van der Waals surface area contributed by atoms with E-state index in [0.717, 1.165) is 18.0 Å². The molecule has 6 nitrogen and oxygen atoms in total. The highest BCUT2D eigenvalue weighted by molar-refractivity contribution is 7.14. The second-order valence-corrected chi connectivity index (χ2v) is 5.55. The molecule has 1 aliphatic heterocycles. The number of thiophene rings is 1. The minimum absolute atomic E-state index is 0.543. The highest BCUT2D eigenvalue weighted by Crippen LogP contribution is 2.32. The molecule has 0 spiro atoms. The molecule has 0 saturated carbocycles. The number of morpholine rings is 1. The van der Waals surface area contributed by atoms with Crippen LogP contribution in [0.2, 0.25) is 5.02 Å². The Hall–Kier alpha value is -1.44. The van der Waals surface area contributed by atoms with E-state index < -0.39 is 0 Å². The first-order valence-corrected chi connectivity index (χ1v) is 7.53. The second kappa shape index (κ2) is 5.90. The molecule has 2 aromatic rings. The summed E-state index contributed by atoms with van der Waals surface area (Å²) in [5.74, 6) is 1.80. The number of anilines is 2. The van der Waals surface area contributed by atoms with Crippen molar-refractivity contribution in [1.29, 1.82) is 0 Å². The fourth-order valence-electron chi connectivity index (χ4n) is 1.94. The zero-order valence-corrected chi connectivity index (χ0v) is 12.5. The van der Waals surface area contributed by atoms with E-state index >= 15 is 0 Å². The molecule has 106 valence electrons. The van der Waals surface area contributed by atoms with Crippen LogP contribution < -0.4 is 10.2 Å². The van der Waals surface area contributed by atoms with Crippen LogP contribution in [0.25, 0.3) is 10.7 Å². The van der Waals surface area contributed by atoms with Crippen molar-refractivity contribution in [1.82, 2.24) is 15.0 Å².